The van der Waals surface area contributed by atoms with E-state index in [1.165, 1.54) is 5.56 Å². The molecule has 0 fully saturated rings. The number of hydrogen-bond donors (Lipinski definition) is 1. The predicted octanol–water partition coefficient (Wildman–Crippen LogP) is 5.28. The van der Waals surface area contributed by atoms with Crippen molar-refractivity contribution in [2.75, 3.05) is 7.11 Å². The van der Waals surface area contributed by atoms with Crippen LogP contribution in [-0.4, -0.2) is 18.4 Å². The third-order valence-corrected chi connectivity index (χ3v) is 3.52. The number of rotatable bonds is 3. The van der Waals surface area contributed by atoms with Gasteiger partial charge in [-0.05, 0) is 62.4 Å². The Bertz CT molecular complexity index is 816. The van der Waals surface area contributed by atoms with Gasteiger partial charge in [-0.2, -0.15) is 0 Å². The lowest BCUT2D eigenvalue weighted by atomic mass is 10.2. The first-order valence-corrected chi connectivity index (χ1v) is 8.32. The number of phenols is 1. The minimum absolute atomic E-state index is 0.329. The van der Waals surface area contributed by atoms with E-state index >= 15 is 0 Å². The van der Waals surface area contributed by atoms with Gasteiger partial charge in [-0.1, -0.05) is 35.4 Å². The molecule has 3 aromatic carbocycles. The first-order valence-electron chi connectivity index (χ1n) is 8.32. The lowest BCUT2D eigenvalue weighted by Gasteiger charge is -2.06. The monoisotopic (exact) mass is 366 g/mol. The van der Waals surface area contributed by atoms with Crippen molar-refractivity contribution >= 4 is 6.16 Å². The number of benzene rings is 3. The smallest absolute Gasteiger partial charge is 0.508 e. The molecule has 0 aromatic heterocycles. The van der Waals surface area contributed by atoms with Crippen LogP contribution < -0.4 is 14.2 Å². The number of aryl methyl sites for hydroxylation is 2. The van der Waals surface area contributed by atoms with Crippen LogP contribution in [0.5, 0.6) is 23.0 Å². The molecule has 0 aliphatic rings. The second-order valence-electron chi connectivity index (χ2n) is 5.78. The summed E-state index contributed by atoms with van der Waals surface area (Å²) in [5.74, 6) is 1.87. The van der Waals surface area contributed by atoms with Gasteiger partial charge in [0.1, 0.15) is 23.0 Å². The maximum atomic E-state index is 11.5. The highest BCUT2D eigenvalue weighted by Gasteiger charge is 2.07. The molecule has 0 saturated carbocycles. The van der Waals surface area contributed by atoms with Gasteiger partial charge in [-0.25, -0.2) is 4.79 Å². The average Bonchev–Trinajstić information content (AvgIpc) is 2.67. The van der Waals surface area contributed by atoms with Crippen LogP contribution >= 0.6 is 0 Å². The van der Waals surface area contributed by atoms with Gasteiger partial charge >= 0.3 is 6.16 Å². The van der Waals surface area contributed by atoms with Gasteiger partial charge in [-0.3, -0.25) is 0 Å². The molecule has 0 aliphatic carbocycles. The Labute approximate surface area is 158 Å². The highest BCUT2D eigenvalue weighted by Crippen LogP contribution is 2.18. The molecule has 0 atom stereocenters. The summed E-state index contributed by atoms with van der Waals surface area (Å²) >= 11 is 0. The van der Waals surface area contributed by atoms with E-state index < -0.39 is 6.16 Å². The van der Waals surface area contributed by atoms with Crippen molar-refractivity contribution in [3.63, 3.8) is 0 Å². The summed E-state index contributed by atoms with van der Waals surface area (Å²) in [4.78, 5) is 11.5. The summed E-state index contributed by atoms with van der Waals surface area (Å²) < 4.78 is 15.1. The lowest BCUT2D eigenvalue weighted by Crippen LogP contribution is -2.13. The molecular formula is C22H22O5. The first kappa shape index (κ1) is 19.8. The zero-order valence-corrected chi connectivity index (χ0v) is 15.5. The number of hydrogen-bond acceptors (Lipinski definition) is 5. The van der Waals surface area contributed by atoms with Crippen molar-refractivity contribution in [2.45, 2.75) is 13.8 Å². The molecule has 1 N–H and O–H groups in total. The Kier molecular flexibility index (Phi) is 7.26. The van der Waals surface area contributed by atoms with Crippen molar-refractivity contribution in [1.82, 2.24) is 0 Å². The Morgan fingerprint density at radius 3 is 1.44 bits per heavy atom. The van der Waals surface area contributed by atoms with Crippen LogP contribution in [-0.2, 0) is 0 Å². The van der Waals surface area contributed by atoms with Crippen molar-refractivity contribution in [3.8, 4) is 23.0 Å². The number of aromatic hydroxyl groups is 1. The number of methoxy groups -OCH3 is 1. The number of carbonyl (C=O) groups excluding carboxylic acids is 1. The zero-order chi connectivity index (χ0) is 19.6. The van der Waals surface area contributed by atoms with E-state index in [1.807, 2.05) is 38.1 Å². The number of carbonyl (C=O) groups is 1. The van der Waals surface area contributed by atoms with Crippen LogP contribution in [0, 0.1) is 13.8 Å². The molecule has 0 amide bonds. The topological polar surface area (TPSA) is 65.0 Å². The van der Waals surface area contributed by atoms with Crippen molar-refractivity contribution in [1.29, 1.82) is 0 Å². The molecule has 5 nitrogen and oxygen atoms in total. The van der Waals surface area contributed by atoms with E-state index in [0.29, 0.717) is 23.0 Å². The predicted molar refractivity (Wildman–Crippen MR) is 104 cm³/mol. The second kappa shape index (κ2) is 9.87. The highest BCUT2D eigenvalue weighted by molar-refractivity contribution is 5.67. The summed E-state index contributed by atoms with van der Waals surface area (Å²) in [5, 5.41) is 8.76. The molecule has 0 radical (unpaired) electrons. The SMILES string of the molecule is COc1ccc(OC(=O)Oc2ccc(C)cc2)cc1.Cc1ccc(O)cc1. The molecule has 0 bridgehead atoms. The van der Waals surface area contributed by atoms with Crippen molar-refractivity contribution in [3.05, 3.63) is 83.9 Å². The van der Waals surface area contributed by atoms with Crippen molar-refractivity contribution in [2.24, 2.45) is 0 Å². The van der Waals surface area contributed by atoms with E-state index in [-0.39, 0.29) is 0 Å². The van der Waals surface area contributed by atoms with E-state index in [9.17, 15) is 4.79 Å². The number of phenolic OH excluding ortho intramolecular Hbond substituents is 1. The van der Waals surface area contributed by atoms with E-state index in [2.05, 4.69) is 0 Å². The van der Waals surface area contributed by atoms with Gasteiger partial charge < -0.3 is 19.3 Å². The van der Waals surface area contributed by atoms with Crippen LogP contribution in [0.3, 0.4) is 0 Å². The standard InChI is InChI=1S/C15H14O4.C7H8O/c1-11-3-5-13(6-4-11)18-15(16)19-14-9-7-12(17-2)8-10-14;1-6-2-4-7(8)5-3-6/h3-10H,1-2H3;2-5,8H,1H3. The molecule has 3 aromatic rings. The van der Waals surface area contributed by atoms with Crippen LogP contribution in [0.25, 0.3) is 0 Å². The lowest BCUT2D eigenvalue weighted by molar-refractivity contribution is 0.152. The van der Waals surface area contributed by atoms with Gasteiger partial charge in [0.05, 0.1) is 7.11 Å². The molecule has 27 heavy (non-hydrogen) atoms. The molecule has 3 rings (SSSR count). The molecule has 0 heterocycles. The summed E-state index contributed by atoms with van der Waals surface area (Å²) in [5.41, 5.74) is 2.26. The van der Waals surface area contributed by atoms with E-state index in [1.54, 1.807) is 55.6 Å². The third-order valence-electron chi connectivity index (χ3n) is 3.52. The maximum absolute atomic E-state index is 11.5. The molecule has 0 unspecified atom stereocenters. The van der Waals surface area contributed by atoms with Crippen molar-refractivity contribution < 1.29 is 24.1 Å². The molecule has 0 spiro atoms. The Hall–Kier alpha value is -3.47. The highest BCUT2D eigenvalue weighted by atomic mass is 16.7. The summed E-state index contributed by atoms with van der Waals surface area (Å²) in [7, 11) is 1.57. The Morgan fingerprint density at radius 2 is 1.04 bits per heavy atom. The summed E-state index contributed by atoms with van der Waals surface area (Å²) in [6.45, 7) is 3.94. The fourth-order valence-corrected chi connectivity index (χ4v) is 2.01. The van der Waals surface area contributed by atoms with E-state index in [0.717, 1.165) is 5.56 Å². The zero-order valence-electron chi connectivity index (χ0n) is 15.5. The quantitative estimate of drug-likeness (QED) is 0.504. The van der Waals surface area contributed by atoms with Gasteiger partial charge in [0.15, 0.2) is 0 Å². The van der Waals surface area contributed by atoms with Crippen LogP contribution in [0.2, 0.25) is 0 Å². The average molecular weight is 366 g/mol. The van der Waals surface area contributed by atoms with Gasteiger partial charge in [0, 0.05) is 0 Å². The minimum Gasteiger partial charge on any atom is -0.508 e. The Balaban J connectivity index is 0.000000273. The third kappa shape index (κ3) is 7.12. The molecule has 0 aliphatic heterocycles. The first-order chi connectivity index (χ1) is 13.0. The molecular weight excluding hydrogens is 344 g/mol. The van der Waals surface area contributed by atoms with E-state index in [4.69, 9.17) is 19.3 Å². The van der Waals surface area contributed by atoms with Crippen LogP contribution in [0.4, 0.5) is 4.79 Å². The van der Waals surface area contributed by atoms with Gasteiger partial charge in [-0.15, -0.1) is 0 Å². The molecule has 0 saturated heterocycles. The molecule has 140 valence electrons. The fraction of sp³-hybridized carbons (Fsp3) is 0.136. The minimum atomic E-state index is -0.769. The second-order valence-corrected chi connectivity index (χ2v) is 5.78. The summed E-state index contributed by atoms with van der Waals surface area (Å²) in [6, 6.07) is 20.9. The summed E-state index contributed by atoms with van der Waals surface area (Å²) in [6.07, 6.45) is -0.769. The van der Waals surface area contributed by atoms with Gasteiger partial charge in [0.2, 0.25) is 0 Å². The largest absolute Gasteiger partial charge is 0.519 e. The normalized spacial score (nSPS) is 9.59. The number of ether oxygens (including phenoxy) is 3. The molecule has 5 heteroatoms. The Morgan fingerprint density at radius 1 is 0.667 bits per heavy atom. The van der Waals surface area contributed by atoms with Gasteiger partial charge in [0.25, 0.3) is 0 Å². The van der Waals surface area contributed by atoms with Crippen LogP contribution in [0.1, 0.15) is 11.1 Å². The van der Waals surface area contributed by atoms with Crippen LogP contribution in [0.15, 0.2) is 72.8 Å². The maximum Gasteiger partial charge on any atom is 0.519 e. The fourth-order valence-electron chi connectivity index (χ4n) is 2.01.